The number of nitrogens with zero attached hydrogens (tertiary/aromatic N) is 1. The van der Waals surface area contributed by atoms with Crippen LogP contribution in [0.2, 0.25) is 0 Å². The largest absolute Gasteiger partial charge is 0.479 e. The Kier molecular flexibility index (Phi) is 8.35. The lowest BCUT2D eigenvalue weighted by atomic mass is 9.81. The average Bonchev–Trinajstić information content (AvgIpc) is 2.84. The Hall–Kier alpha value is -3.04. The molecule has 2 aromatic rings. The van der Waals surface area contributed by atoms with E-state index in [1.54, 1.807) is 24.3 Å². The van der Waals surface area contributed by atoms with Crippen LogP contribution in [0.1, 0.15) is 36.0 Å². The SMILES string of the molecule is CSCC[C@](C(=O)O)(C1CCCCN1)N(NC(=O)O)C(=O)c1ccccc1-c1ccccc1. The number of benzene rings is 2. The molecule has 0 aromatic heterocycles. The topological polar surface area (TPSA) is 119 Å². The van der Waals surface area contributed by atoms with E-state index in [1.165, 1.54) is 11.8 Å². The fourth-order valence-corrected chi connectivity index (χ4v) is 4.91. The Bertz CT molecular complexity index is 981. The van der Waals surface area contributed by atoms with E-state index in [9.17, 15) is 24.6 Å². The van der Waals surface area contributed by atoms with Crippen LogP contribution in [0.3, 0.4) is 0 Å². The van der Waals surface area contributed by atoms with E-state index in [-0.39, 0.29) is 12.0 Å². The van der Waals surface area contributed by atoms with Crippen molar-refractivity contribution < 1.29 is 24.6 Å². The van der Waals surface area contributed by atoms with Crippen LogP contribution in [0.25, 0.3) is 11.1 Å². The fraction of sp³-hybridized carbons (Fsp3) is 0.375. The molecule has 0 bridgehead atoms. The predicted octanol–water partition coefficient (Wildman–Crippen LogP) is 3.70. The van der Waals surface area contributed by atoms with Crippen molar-refractivity contribution in [3.63, 3.8) is 0 Å². The van der Waals surface area contributed by atoms with Gasteiger partial charge in [0.15, 0.2) is 5.54 Å². The Morgan fingerprint density at radius 1 is 1.09 bits per heavy atom. The number of hydrogen-bond donors (Lipinski definition) is 4. The third kappa shape index (κ3) is 5.31. The van der Waals surface area contributed by atoms with Crippen LogP contribution in [0.4, 0.5) is 4.79 Å². The van der Waals surface area contributed by atoms with Crippen molar-refractivity contribution in [3.05, 3.63) is 60.2 Å². The summed E-state index contributed by atoms with van der Waals surface area (Å²) in [6, 6.07) is 15.5. The lowest BCUT2D eigenvalue weighted by molar-refractivity contribution is -0.154. The summed E-state index contributed by atoms with van der Waals surface area (Å²) in [5, 5.41) is 24.2. The second-order valence-electron chi connectivity index (χ2n) is 7.94. The number of rotatable bonds is 8. The van der Waals surface area contributed by atoms with Crippen molar-refractivity contribution in [2.75, 3.05) is 18.6 Å². The highest BCUT2D eigenvalue weighted by molar-refractivity contribution is 7.98. The van der Waals surface area contributed by atoms with Crippen molar-refractivity contribution in [1.29, 1.82) is 0 Å². The molecule has 1 heterocycles. The second kappa shape index (κ2) is 11.2. The monoisotopic (exact) mass is 471 g/mol. The van der Waals surface area contributed by atoms with Gasteiger partial charge in [-0.05, 0) is 55.0 Å². The number of nitrogens with one attached hydrogen (secondary N) is 2. The zero-order valence-electron chi connectivity index (χ0n) is 18.5. The summed E-state index contributed by atoms with van der Waals surface area (Å²) in [7, 11) is 0. The van der Waals surface area contributed by atoms with Crippen LogP contribution in [0.5, 0.6) is 0 Å². The summed E-state index contributed by atoms with van der Waals surface area (Å²) in [6.07, 6.45) is 2.65. The minimum absolute atomic E-state index is 0.0840. The highest BCUT2D eigenvalue weighted by atomic mass is 32.2. The number of hydrogen-bond acceptors (Lipinski definition) is 5. The van der Waals surface area contributed by atoms with Crippen LogP contribution in [0, 0.1) is 0 Å². The minimum atomic E-state index is -1.79. The molecule has 2 atom stereocenters. The van der Waals surface area contributed by atoms with E-state index in [4.69, 9.17) is 0 Å². The molecule has 3 rings (SSSR count). The molecule has 4 N–H and O–H groups in total. The molecule has 33 heavy (non-hydrogen) atoms. The van der Waals surface area contributed by atoms with Gasteiger partial charge in [-0.2, -0.15) is 11.8 Å². The van der Waals surface area contributed by atoms with E-state index in [1.807, 2.05) is 36.6 Å². The first kappa shape index (κ1) is 24.6. The molecule has 2 aromatic carbocycles. The van der Waals surface area contributed by atoms with Crippen molar-refractivity contribution >= 4 is 29.7 Å². The molecular weight excluding hydrogens is 442 g/mol. The standard InChI is InChI=1S/C24H29N3O5S/c1-33-16-14-24(22(29)30,20-13-7-8-15-25-20)27(26-23(31)32)21(28)19-12-6-5-11-18(19)17-9-3-2-4-10-17/h2-6,9-12,20,25-26H,7-8,13-16H2,1H3,(H,29,30)(H,31,32)/t20?,24-/m1/s1. The zero-order chi connectivity index (χ0) is 23.8. The molecule has 8 nitrogen and oxygen atoms in total. The Labute approximate surface area is 197 Å². The zero-order valence-corrected chi connectivity index (χ0v) is 19.3. The molecule has 0 radical (unpaired) electrons. The van der Waals surface area contributed by atoms with Crippen LogP contribution in [0.15, 0.2) is 54.6 Å². The number of piperidine rings is 1. The number of carbonyl (C=O) groups excluding carboxylic acids is 1. The molecule has 176 valence electrons. The van der Waals surface area contributed by atoms with Gasteiger partial charge in [-0.15, -0.1) is 0 Å². The minimum Gasteiger partial charge on any atom is -0.479 e. The molecule has 0 spiro atoms. The van der Waals surface area contributed by atoms with Gasteiger partial charge in [0.25, 0.3) is 5.91 Å². The molecule has 1 aliphatic heterocycles. The smallest absolute Gasteiger partial charge is 0.423 e. The van der Waals surface area contributed by atoms with Crippen LogP contribution < -0.4 is 10.7 Å². The van der Waals surface area contributed by atoms with Gasteiger partial charge in [0, 0.05) is 11.6 Å². The van der Waals surface area contributed by atoms with Crippen molar-refractivity contribution in [1.82, 2.24) is 15.8 Å². The number of carboxylic acid groups (broad SMARTS) is 2. The number of carboxylic acids is 1. The number of carbonyl (C=O) groups is 3. The summed E-state index contributed by atoms with van der Waals surface area (Å²) in [5.41, 5.74) is 1.97. The van der Waals surface area contributed by atoms with Gasteiger partial charge >= 0.3 is 12.1 Å². The molecule has 0 aliphatic carbocycles. The highest BCUT2D eigenvalue weighted by Gasteiger charge is 2.54. The summed E-state index contributed by atoms with van der Waals surface area (Å²) < 4.78 is 0. The summed E-state index contributed by atoms with van der Waals surface area (Å²) in [4.78, 5) is 38.6. The van der Waals surface area contributed by atoms with E-state index < -0.39 is 29.6 Å². The first-order chi connectivity index (χ1) is 15.9. The van der Waals surface area contributed by atoms with Gasteiger partial charge < -0.3 is 15.5 Å². The fourth-order valence-electron chi connectivity index (χ4n) is 4.40. The van der Waals surface area contributed by atoms with E-state index in [2.05, 4.69) is 10.7 Å². The van der Waals surface area contributed by atoms with Crippen molar-refractivity contribution in [2.24, 2.45) is 0 Å². The van der Waals surface area contributed by atoms with Gasteiger partial charge in [0.2, 0.25) is 0 Å². The maximum atomic E-state index is 13.9. The molecule has 1 unspecified atom stereocenters. The predicted molar refractivity (Wildman–Crippen MR) is 128 cm³/mol. The lowest BCUT2D eigenvalue weighted by Crippen LogP contribution is -2.72. The summed E-state index contributed by atoms with van der Waals surface area (Å²) in [5.74, 6) is -1.50. The summed E-state index contributed by atoms with van der Waals surface area (Å²) >= 11 is 1.45. The molecule has 1 fully saturated rings. The van der Waals surface area contributed by atoms with Crippen LogP contribution in [-0.4, -0.2) is 63.3 Å². The number of hydrazine groups is 1. The van der Waals surface area contributed by atoms with Gasteiger partial charge in [0.05, 0.1) is 0 Å². The maximum Gasteiger partial charge on any atom is 0.423 e. The van der Waals surface area contributed by atoms with Crippen molar-refractivity contribution in [2.45, 2.75) is 37.3 Å². The highest BCUT2D eigenvalue weighted by Crippen LogP contribution is 2.33. The number of aliphatic carboxylic acids is 1. The summed E-state index contributed by atoms with van der Waals surface area (Å²) in [6.45, 7) is 0.606. The Morgan fingerprint density at radius 2 is 1.79 bits per heavy atom. The maximum absolute atomic E-state index is 13.9. The van der Waals surface area contributed by atoms with Gasteiger partial charge in [0.1, 0.15) is 0 Å². The molecule has 0 saturated carbocycles. The third-order valence-electron chi connectivity index (χ3n) is 6.00. The van der Waals surface area contributed by atoms with Crippen LogP contribution >= 0.6 is 11.8 Å². The quantitative estimate of drug-likeness (QED) is 0.434. The average molecular weight is 472 g/mol. The number of thioether (sulfide) groups is 1. The Morgan fingerprint density at radius 3 is 2.39 bits per heavy atom. The van der Waals surface area contributed by atoms with Gasteiger partial charge in [-0.3, -0.25) is 4.79 Å². The normalized spacial score (nSPS) is 17.5. The Balaban J connectivity index is 2.16. The molecule has 1 aliphatic rings. The second-order valence-corrected chi connectivity index (χ2v) is 8.93. The lowest BCUT2D eigenvalue weighted by Gasteiger charge is -2.46. The first-order valence-electron chi connectivity index (χ1n) is 10.9. The van der Waals surface area contributed by atoms with E-state index >= 15 is 0 Å². The third-order valence-corrected chi connectivity index (χ3v) is 6.61. The van der Waals surface area contributed by atoms with Gasteiger partial charge in [-0.25, -0.2) is 20.0 Å². The van der Waals surface area contributed by atoms with E-state index in [0.29, 0.717) is 24.3 Å². The molecule has 2 amide bonds. The van der Waals surface area contributed by atoms with Crippen LogP contribution in [-0.2, 0) is 4.79 Å². The molecule has 9 heteroatoms. The molecule has 1 saturated heterocycles. The first-order valence-corrected chi connectivity index (χ1v) is 12.3. The number of amides is 2. The van der Waals surface area contributed by atoms with Crippen molar-refractivity contribution in [3.8, 4) is 11.1 Å². The van der Waals surface area contributed by atoms with Gasteiger partial charge in [-0.1, -0.05) is 55.0 Å². The van der Waals surface area contributed by atoms with E-state index in [0.717, 1.165) is 23.4 Å². The molecular formula is C24H29N3O5S.